The molecule has 0 radical (unpaired) electrons. The molecule has 0 aliphatic carbocycles. The minimum Gasteiger partial charge on any atom is -0.510 e. The molecule has 11 rings (SSSR count). The molecule has 10 aromatic rings. The Morgan fingerprint density at radius 3 is 1.98 bits per heavy atom. The largest absolute Gasteiger partial charge is 0.510 e. The van der Waals surface area contributed by atoms with Gasteiger partial charge >= 0.3 is 0 Å². The number of aryl methyl sites for hydroxylation is 2. The van der Waals surface area contributed by atoms with E-state index in [9.17, 15) is 0 Å². The van der Waals surface area contributed by atoms with E-state index in [0.29, 0.717) is 11.5 Å². The van der Waals surface area contributed by atoms with Crippen LogP contribution in [0.3, 0.4) is 0 Å². The molecule has 0 N–H and O–H groups in total. The van der Waals surface area contributed by atoms with Crippen molar-refractivity contribution in [2.24, 2.45) is 0 Å². The predicted molar refractivity (Wildman–Crippen MR) is 219 cm³/mol. The van der Waals surface area contributed by atoms with Crippen molar-refractivity contribution in [3.8, 4) is 62.1 Å². The fourth-order valence-electron chi connectivity index (χ4n) is 8.37. The third-order valence-electron chi connectivity index (χ3n) is 10.7. The molecule has 4 heterocycles. The molecule has 0 saturated heterocycles. The third kappa shape index (κ3) is 5.26. The molecule has 6 heteroatoms. The summed E-state index contributed by atoms with van der Waals surface area (Å²) in [5.74, 6) is 2.06. The zero-order valence-electron chi connectivity index (χ0n) is 30.5. The first kappa shape index (κ1) is 34.0. The molecule has 5 nitrogen and oxygen atoms in total. The van der Waals surface area contributed by atoms with E-state index in [0.717, 1.165) is 72.3 Å². The smallest absolute Gasteiger partial charge is 0.268 e. The number of benzene rings is 7. The summed E-state index contributed by atoms with van der Waals surface area (Å²) in [4.78, 5) is 4.87. The van der Waals surface area contributed by atoms with Gasteiger partial charge in [0, 0.05) is 44.3 Å². The monoisotopic (exact) mass is 899 g/mol. The molecule has 0 amide bonds. The number of para-hydroxylation sites is 3. The molecular weight excluding hydrogens is 868 g/mol. The Hall–Kier alpha value is -6.55. The van der Waals surface area contributed by atoms with Crippen molar-refractivity contribution in [3.63, 3.8) is 0 Å². The van der Waals surface area contributed by atoms with Gasteiger partial charge in [0.1, 0.15) is 5.82 Å². The van der Waals surface area contributed by atoms with Gasteiger partial charge in [0.2, 0.25) is 0 Å². The van der Waals surface area contributed by atoms with E-state index in [1.54, 1.807) is 0 Å². The predicted octanol–water partition coefficient (Wildman–Crippen LogP) is 11.5. The van der Waals surface area contributed by atoms with Gasteiger partial charge in [-0.1, -0.05) is 115 Å². The summed E-state index contributed by atoms with van der Waals surface area (Å²) < 4.78 is 13.1. The Bertz CT molecular complexity index is 3170. The molecular formula is C50H32N4OPt-2. The van der Waals surface area contributed by atoms with Crippen LogP contribution in [-0.4, -0.2) is 14.1 Å². The van der Waals surface area contributed by atoms with E-state index in [4.69, 9.17) is 9.72 Å². The second-order valence-corrected chi connectivity index (χ2v) is 14.1. The van der Waals surface area contributed by atoms with Crippen LogP contribution in [0.4, 0.5) is 0 Å². The average Bonchev–Trinajstić information content (AvgIpc) is 3.78. The molecule has 7 aromatic carbocycles. The number of fused-ring (bicyclic) bond motifs is 10. The standard InChI is InChI=1S/C50H32N4O.Pt/c1-32-27-33(2)50(51-30-32)54-46-23-10-8-20-42(46)43-26-25-36(29-48(43)54)55-35-14-11-13-34(28-35)52-31-53-45-22-9-7-19-41(45)39-17-5-3-15-37(39)38-16-4-6-18-40(38)44-21-12-24-47(52)49(44)53;/h3-27,30H,1-2H3;/q-2;. The van der Waals surface area contributed by atoms with Gasteiger partial charge in [0.15, 0.2) is 0 Å². The maximum Gasteiger partial charge on any atom is 0.268 e. The van der Waals surface area contributed by atoms with Crippen LogP contribution in [0.1, 0.15) is 11.1 Å². The van der Waals surface area contributed by atoms with Crippen molar-refractivity contribution in [3.05, 3.63) is 187 Å². The number of imidazole rings is 1. The van der Waals surface area contributed by atoms with E-state index in [1.165, 1.54) is 22.3 Å². The summed E-state index contributed by atoms with van der Waals surface area (Å²) in [5, 5.41) is 2.24. The van der Waals surface area contributed by atoms with Crippen molar-refractivity contribution in [2.75, 3.05) is 0 Å². The van der Waals surface area contributed by atoms with Gasteiger partial charge in [-0.15, -0.1) is 29.7 Å². The van der Waals surface area contributed by atoms with Crippen molar-refractivity contribution < 1.29 is 30.4 Å². The number of nitrogens with zero attached hydrogens (tertiary/aromatic N) is 4. The minimum absolute atomic E-state index is 0. The summed E-state index contributed by atoms with van der Waals surface area (Å²) in [6.07, 6.45) is 5.67. The second kappa shape index (κ2) is 13.3. The molecule has 270 valence electrons. The van der Waals surface area contributed by atoms with Gasteiger partial charge < -0.3 is 13.9 Å². The number of hydrogen-bond donors (Lipinski definition) is 0. The first-order chi connectivity index (χ1) is 27.1. The van der Waals surface area contributed by atoms with Gasteiger partial charge in [-0.25, -0.2) is 4.98 Å². The average molecular weight is 900 g/mol. The van der Waals surface area contributed by atoms with Crippen LogP contribution in [0.2, 0.25) is 0 Å². The van der Waals surface area contributed by atoms with Gasteiger partial charge in [0.25, 0.3) is 6.33 Å². The van der Waals surface area contributed by atoms with Gasteiger partial charge in [0.05, 0.1) is 16.7 Å². The number of hydrogen-bond acceptors (Lipinski definition) is 2. The molecule has 0 saturated carbocycles. The Morgan fingerprint density at radius 2 is 1.20 bits per heavy atom. The summed E-state index contributed by atoms with van der Waals surface area (Å²) >= 11 is 0. The zero-order valence-corrected chi connectivity index (χ0v) is 32.8. The molecule has 1 aliphatic rings. The zero-order chi connectivity index (χ0) is 36.6. The second-order valence-electron chi connectivity index (χ2n) is 14.1. The quantitative estimate of drug-likeness (QED) is 0.130. The maximum atomic E-state index is 6.59. The first-order valence-corrected chi connectivity index (χ1v) is 18.5. The van der Waals surface area contributed by atoms with E-state index in [-0.39, 0.29) is 21.1 Å². The summed E-state index contributed by atoms with van der Waals surface area (Å²) in [6, 6.07) is 60.4. The van der Waals surface area contributed by atoms with E-state index in [2.05, 4.69) is 179 Å². The fraction of sp³-hybridized carbons (Fsp3) is 0.0400. The van der Waals surface area contributed by atoms with Crippen LogP contribution < -0.4 is 9.30 Å². The Labute approximate surface area is 339 Å². The first-order valence-electron chi connectivity index (χ1n) is 18.5. The molecule has 0 fully saturated rings. The van der Waals surface area contributed by atoms with Crippen molar-refractivity contribution in [1.82, 2.24) is 14.1 Å². The van der Waals surface area contributed by atoms with E-state index >= 15 is 0 Å². The number of ether oxygens (including phenoxy) is 1. The number of aromatic nitrogens is 4. The molecule has 56 heavy (non-hydrogen) atoms. The molecule has 3 aromatic heterocycles. The third-order valence-corrected chi connectivity index (χ3v) is 10.7. The van der Waals surface area contributed by atoms with E-state index in [1.807, 2.05) is 24.4 Å². The van der Waals surface area contributed by atoms with Gasteiger partial charge in [-0.3, -0.25) is 4.57 Å². The topological polar surface area (TPSA) is 35.9 Å². The summed E-state index contributed by atoms with van der Waals surface area (Å²) in [5.41, 5.74) is 15.2. The van der Waals surface area contributed by atoms with Crippen LogP contribution in [0.5, 0.6) is 11.5 Å². The Kier molecular flexibility index (Phi) is 8.09. The number of rotatable bonds is 4. The molecule has 0 bridgehead atoms. The van der Waals surface area contributed by atoms with Crippen LogP contribution in [0, 0.1) is 32.3 Å². The van der Waals surface area contributed by atoms with E-state index < -0.39 is 0 Å². The summed E-state index contributed by atoms with van der Waals surface area (Å²) in [7, 11) is 0. The SMILES string of the molecule is Cc1cnc(-n2c3[c-]c(Oc4[c-]c(-n5[c-][n+]6c7c(cccc75)-c5ccccc5-c5ccccc5-c5ccccc5-6)ccc4)ccc3c3ccccc32)c(C)c1.[Pt]. The molecule has 0 spiro atoms. The fourth-order valence-corrected chi connectivity index (χ4v) is 8.37. The van der Waals surface area contributed by atoms with Crippen molar-refractivity contribution >= 4 is 32.8 Å². The van der Waals surface area contributed by atoms with Crippen molar-refractivity contribution in [1.29, 1.82) is 0 Å². The normalized spacial score (nSPS) is 11.6. The van der Waals surface area contributed by atoms with Gasteiger partial charge in [-0.05, 0) is 81.6 Å². The van der Waals surface area contributed by atoms with Crippen LogP contribution in [-0.2, 0) is 21.1 Å². The van der Waals surface area contributed by atoms with Gasteiger partial charge in [-0.2, -0.15) is 18.2 Å². The number of pyridine rings is 1. The summed E-state index contributed by atoms with van der Waals surface area (Å²) in [6.45, 7) is 4.17. The Balaban J connectivity index is 0.00000384. The molecule has 0 atom stereocenters. The molecule has 0 unspecified atom stereocenters. The molecule has 1 aliphatic heterocycles. The maximum absolute atomic E-state index is 6.59. The van der Waals surface area contributed by atoms with Crippen LogP contribution >= 0.6 is 0 Å². The van der Waals surface area contributed by atoms with Crippen LogP contribution in [0.15, 0.2) is 158 Å². The Morgan fingerprint density at radius 1 is 0.571 bits per heavy atom. The van der Waals surface area contributed by atoms with Crippen LogP contribution in [0.25, 0.3) is 83.4 Å². The minimum atomic E-state index is 0. The van der Waals surface area contributed by atoms with Crippen molar-refractivity contribution in [2.45, 2.75) is 13.8 Å².